The first-order chi connectivity index (χ1) is 9.46. The summed E-state index contributed by atoms with van der Waals surface area (Å²) in [7, 11) is 0. The third-order valence-corrected chi connectivity index (χ3v) is 4.59. The minimum absolute atomic E-state index is 0.276. The van der Waals surface area contributed by atoms with Crippen LogP contribution in [0.4, 0.5) is 0 Å². The van der Waals surface area contributed by atoms with E-state index in [0.717, 1.165) is 31.4 Å². The van der Waals surface area contributed by atoms with E-state index < -0.39 is 5.60 Å². The quantitative estimate of drug-likeness (QED) is 0.870. The SMILES string of the molecule is Cc1cc(C)c(OCCC2CCCC2(O)CN)c(C)c1. The average molecular weight is 277 g/mol. The highest BCUT2D eigenvalue weighted by atomic mass is 16.5. The van der Waals surface area contributed by atoms with Crippen LogP contribution in [0.25, 0.3) is 0 Å². The number of nitrogens with two attached hydrogens (primary N) is 1. The minimum Gasteiger partial charge on any atom is -0.493 e. The van der Waals surface area contributed by atoms with Gasteiger partial charge in [-0.05, 0) is 57.1 Å². The van der Waals surface area contributed by atoms with Gasteiger partial charge in [0.25, 0.3) is 0 Å². The van der Waals surface area contributed by atoms with Crippen LogP contribution in [-0.4, -0.2) is 23.9 Å². The van der Waals surface area contributed by atoms with Gasteiger partial charge >= 0.3 is 0 Å². The fraction of sp³-hybridized carbons (Fsp3) is 0.647. The van der Waals surface area contributed by atoms with E-state index in [4.69, 9.17) is 10.5 Å². The zero-order chi connectivity index (χ0) is 14.8. The maximum atomic E-state index is 10.4. The molecule has 1 fully saturated rings. The molecule has 112 valence electrons. The lowest BCUT2D eigenvalue weighted by atomic mass is 9.88. The summed E-state index contributed by atoms with van der Waals surface area (Å²) in [6.07, 6.45) is 3.83. The second-order valence-corrected chi connectivity index (χ2v) is 6.26. The highest BCUT2D eigenvalue weighted by Crippen LogP contribution is 2.37. The van der Waals surface area contributed by atoms with E-state index in [-0.39, 0.29) is 5.92 Å². The Kier molecular flexibility index (Phi) is 4.71. The lowest BCUT2D eigenvalue weighted by molar-refractivity contribution is 0.00350. The van der Waals surface area contributed by atoms with Gasteiger partial charge in [-0.2, -0.15) is 0 Å². The Balaban J connectivity index is 1.94. The lowest BCUT2D eigenvalue weighted by Crippen LogP contribution is -2.41. The number of hydrogen-bond donors (Lipinski definition) is 2. The predicted octanol–water partition coefficient (Wildman–Crippen LogP) is 2.87. The van der Waals surface area contributed by atoms with Crippen LogP contribution in [-0.2, 0) is 0 Å². The average Bonchev–Trinajstić information content (AvgIpc) is 2.75. The summed E-state index contributed by atoms with van der Waals surface area (Å²) in [5.41, 5.74) is 8.68. The third kappa shape index (κ3) is 3.15. The van der Waals surface area contributed by atoms with Gasteiger partial charge in [-0.15, -0.1) is 0 Å². The molecule has 3 heteroatoms. The van der Waals surface area contributed by atoms with Gasteiger partial charge in [0, 0.05) is 6.54 Å². The van der Waals surface area contributed by atoms with Crippen LogP contribution in [0.1, 0.15) is 42.4 Å². The van der Waals surface area contributed by atoms with Crippen LogP contribution >= 0.6 is 0 Å². The Labute approximate surface area is 122 Å². The first-order valence-corrected chi connectivity index (χ1v) is 7.59. The van der Waals surface area contributed by atoms with E-state index in [1.165, 1.54) is 16.7 Å². The summed E-state index contributed by atoms with van der Waals surface area (Å²) in [4.78, 5) is 0. The molecule has 2 atom stereocenters. The molecule has 1 saturated carbocycles. The number of aryl methyl sites for hydroxylation is 3. The van der Waals surface area contributed by atoms with Crippen molar-refractivity contribution in [1.29, 1.82) is 0 Å². The number of rotatable bonds is 5. The molecule has 3 nitrogen and oxygen atoms in total. The van der Waals surface area contributed by atoms with Crippen molar-refractivity contribution in [1.82, 2.24) is 0 Å². The molecule has 3 N–H and O–H groups in total. The van der Waals surface area contributed by atoms with Gasteiger partial charge < -0.3 is 15.6 Å². The molecule has 0 aliphatic heterocycles. The van der Waals surface area contributed by atoms with Crippen molar-refractivity contribution in [2.75, 3.05) is 13.2 Å². The van der Waals surface area contributed by atoms with Gasteiger partial charge in [-0.1, -0.05) is 24.1 Å². The van der Waals surface area contributed by atoms with Crippen LogP contribution in [0, 0.1) is 26.7 Å². The van der Waals surface area contributed by atoms with Crippen LogP contribution in [0.5, 0.6) is 5.75 Å². The maximum absolute atomic E-state index is 10.4. The maximum Gasteiger partial charge on any atom is 0.125 e. The zero-order valence-electron chi connectivity index (χ0n) is 12.9. The number of benzene rings is 1. The highest BCUT2D eigenvalue weighted by Gasteiger charge is 2.39. The van der Waals surface area contributed by atoms with Crippen LogP contribution in [0.15, 0.2) is 12.1 Å². The summed E-state index contributed by atoms with van der Waals surface area (Å²) in [6, 6.07) is 4.29. The van der Waals surface area contributed by atoms with Gasteiger partial charge in [-0.25, -0.2) is 0 Å². The Hall–Kier alpha value is -1.06. The molecule has 20 heavy (non-hydrogen) atoms. The van der Waals surface area contributed by atoms with Crippen molar-refractivity contribution < 1.29 is 9.84 Å². The summed E-state index contributed by atoms with van der Waals surface area (Å²) >= 11 is 0. The molecule has 0 bridgehead atoms. The molecule has 2 rings (SSSR count). The van der Waals surface area contributed by atoms with Crippen molar-refractivity contribution in [3.63, 3.8) is 0 Å². The Morgan fingerprint density at radius 1 is 1.30 bits per heavy atom. The molecule has 0 radical (unpaired) electrons. The topological polar surface area (TPSA) is 55.5 Å². The number of aliphatic hydroxyl groups is 1. The van der Waals surface area contributed by atoms with E-state index in [9.17, 15) is 5.11 Å². The second kappa shape index (κ2) is 6.15. The van der Waals surface area contributed by atoms with Gasteiger partial charge in [0.2, 0.25) is 0 Å². The van der Waals surface area contributed by atoms with Crippen molar-refractivity contribution in [2.24, 2.45) is 11.7 Å². The van der Waals surface area contributed by atoms with Crippen LogP contribution in [0.3, 0.4) is 0 Å². The monoisotopic (exact) mass is 277 g/mol. The molecule has 1 aliphatic carbocycles. The minimum atomic E-state index is -0.666. The molecule has 0 saturated heterocycles. The van der Waals surface area contributed by atoms with E-state index >= 15 is 0 Å². The first kappa shape index (κ1) is 15.3. The molecule has 0 amide bonds. The number of ether oxygens (including phenoxy) is 1. The normalized spacial score (nSPS) is 25.9. The molecular formula is C17H27NO2. The van der Waals surface area contributed by atoms with Crippen molar-refractivity contribution >= 4 is 0 Å². The first-order valence-electron chi connectivity index (χ1n) is 7.59. The number of hydrogen-bond acceptors (Lipinski definition) is 3. The summed E-state index contributed by atoms with van der Waals surface area (Å²) < 4.78 is 5.97. The Morgan fingerprint density at radius 2 is 1.95 bits per heavy atom. The molecular weight excluding hydrogens is 250 g/mol. The molecule has 0 aromatic heterocycles. The molecule has 1 aliphatic rings. The van der Waals surface area contributed by atoms with E-state index in [2.05, 4.69) is 32.9 Å². The van der Waals surface area contributed by atoms with Gasteiger partial charge in [0.15, 0.2) is 0 Å². The fourth-order valence-electron chi connectivity index (χ4n) is 3.51. The van der Waals surface area contributed by atoms with Crippen molar-refractivity contribution in [3.8, 4) is 5.75 Å². The smallest absolute Gasteiger partial charge is 0.125 e. The summed E-state index contributed by atoms with van der Waals surface area (Å²) in [5, 5.41) is 10.4. The zero-order valence-corrected chi connectivity index (χ0v) is 12.9. The third-order valence-electron chi connectivity index (χ3n) is 4.59. The van der Waals surface area contributed by atoms with Crippen LogP contribution in [0.2, 0.25) is 0 Å². The predicted molar refractivity (Wildman–Crippen MR) is 82.1 cm³/mol. The van der Waals surface area contributed by atoms with Crippen LogP contribution < -0.4 is 10.5 Å². The summed E-state index contributed by atoms with van der Waals surface area (Å²) in [6.45, 7) is 7.28. The van der Waals surface area contributed by atoms with Gasteiger partial charge in [0.1, 0.15) is 5.75 Å². The Bertz CT molecular complexity index is 449. The Morgan fingerprint density at radius 3 is 2.55 bits per heavy atom. The lowest BCUT2D eigenvalue weighted by Gasteiger charge is -2.28. The molecule has 2 unspecified atom stereocenters. The van der Waals surface area contributed by atoms with E-state index in [0.29, 0.717) is 13.2 Å². The van der Waals surface area contributed by atoms with Crippen molar-refractivity contribution in [3.05, 3.63) is 28.8 Å². The largest absolute Gasteiger partial charge is 0.493 e. The van der Waals surface area contributed by atoms with Gasteiger partial charge in [-0.3, -0.25) is 0 Å². The van der Waals surface area contributed by atoms with E-state index in [1.54, 1.807) is 0 Å². The molecule has 0 heterocycles. The van der Waals surface area contributed by atoms with Gasteiger partial charge in [0.05, 0.1) is 12.2 Å². The second-order valence-electron chi connectivity index (χ2n) is 6.26. The molecule has 1 aromatic carbocycles. The molecule has 0 spiro atoms. The highest BCUT2D eigenvalue weighted by molar-refractivity contribution is 5.42. The van der Waals surface area contributed by atoms with Crippen molar-refractivity contribution in [2.45, 2.75) is 52.1 Å². The molecule has 1 aromatic rings. The standard InChI is InChI=1S/C17H27NO2/c1-12-9-13(2)16(14(3)10-12)20-8-6-15-5-4-7-17(15,19)11-18/h9-10,15,19H,4-8,11,18H2,1-3H3. The summed E-state index contributed by atoms with van der Waals surface area (Å²) in [5.74, 6) is 1.27. The fourth-order valence-corrected chi connectivity index (χ4v) is 3.51. The van der Waals surface area contributed by atoms with E-state index in [1.807, 2.05) is 0 Å².